The van der Waals surface area contributed by atoms with E-state index in [4.69, 9.17) is 35.8 Å². The molecule has 1 aliphatic heterocycles. The number of piperazine rings is 1. The molecule has 1 aromatic heterocycles. The first-order chi connectivity index (χ1) is 25.9. The fourth-order valence-corrected chi connectivity index (χ4v) is 5.97. The predicted molar refractivity (Wildman–Crippen MR) is 205 cm³/mol. The first-order valence-electron chi connectivity index (χ1n) is 17.6. The monoisotopic (exact) mass is 728 g/mol. The number of hydrogen-bond donors (Lipinski definition) is 0. The zero-order valence-electron chi connectivity index (χ0n) is 29.6. The van der Waals surface area contributed by atoms with Crippen molar-refractivity contribution in [2.24, 2.45) is 0 Å². The molecule has 0 atom stereocenters. The number of hydrogen-bond acceptors (Lipinski definition) is 8. The number of rotatable bonds is 15. The van der Waals surface area contributed by atoms with Gasteiger partial charge in [0, 0.05) is 57.4 Å². The molecule has 0 bridgehead atoms. The van der Waals surface area contributed by atoms with Crippen molar-refractivity contribution in [1.29, 1.82) is 5.26 Å². The van der Waals surface area contributed by atoms with Crippen LogP contribution in [0.5, 0.6) is 28.9 Å². The lowest BCUT2D eigenvalue weighted by atomic mass is 10.1. The molecule has 0 spiro atoms. The summed E-state index contributed by atoms with van der Waals surface area (Å²) in [6.07, 6.45) is 5.77. The number of pyridine rings is 1. The molecule has 5 aromatic rings. The summed E-state index contributed by atoms with van der Waals surface area (Å²) in [5.74, 6) is 3.01. The molecule has 270 valence electrons. The maximum atomic E-state index is 13.0. The number of aromatic nitrogens is 1. The van der Waals surface area contributed by atoms with Gasteiger partial charge in [-0.15, -0.1) is 0 Å². The highest BCUT2D eigenvalue weighted by Crippen LogP contribution is 2.30. The van der Waals surface area contributed by atoms with Crippen LogP contribution in [0.2, 0.25) is 5.02 Å². The molecule has 0 saturated carbocycles. The number of carbonyl (C=O) groups is 1. The Kier molecular flexibility index (Phi) is 13.0. The molecule has 0 N–H and O–H groups in total. The van der Waals surface area contributed by atoms with Crippen molar-refractivity contribution in [3.05, 3.63) is 148 Å². The Morgan fingerprint density at radius 3 is 2.26 bits per heavy atom. The first kappa shape index (κ1) is 37.0. The SMILES string of the molecule is CCOc1cccc(OCCc2ccc(CN3CCN(C(=O)/C=C/c4ccc(Oc5ccc(OCc6ccc(C#N)cc6)cn5)c(Cl)c4)CC3)cc2)c1. The summed E-state index contributed by atoms with van der Waals surface area (Å²) < 4.78 is 23.1. The Labute approximate surface area is 315 Å². The summed E-state index contributed by atoms with van der Waals surface area (Å²) in [5.41, 5.74) is 4.82. The molecule has 9 nitrogen and oxygen atoms in total. The minimum Gasteiger partial charge on any atom is -0.494 e. The molecule has 1 aliphatic rings. The highest BCUT2D eigenvalue weighted by molar-refractivity contribution is 6.32. The number of benzene rings is 4. The van der Waals surface area contributed by atoms with Gasteiger partial charge in [0.25, 0.3) is 0 Å². The van der Waals surface area contributed by atoms with Crippen molar-refractivity contribution >= 4 is 23.6 Å². The second kappa shape index (κ2) is 18.6. The van der Waals surface area contributed by atoms with Crippen molar-refractivity contribution in [3.8, 4) is 34.9 Å². The fraction of sp³-hybridized carbons (Fsp3) is 0.233. The van der Waals surface area contributed by atoms with Gasteiger partial charge in [-0.1, -0.05) is 60.1 Å². The van der Waals surface area contributed by atoms with Gasteiger partial charge < -0.3 is 23.8 Å². The molecule has 0 radical (unpaired) electrons. The van der Waals surface area contributed by atoms with Crippen molar-refractivity contribution in [2.45, 2.75) is 26.5 Å². The van der Waals surface area contributed by atoms with Crippen LogP contribution in [0.1, 0.15) is 34.7 Å². The van der Waals surface area contributed by atoms with Gasteiger partial charge in [0.05, 0.1) is 36.1 Å². The predicted octanol–water partition coefficient (Wildman–Crippen LogP) is 8.36. The molecule has 1 fully saturated rings. The molecular weight excluding hydrogens is 688 g/mol. The van der Waals surface area contributed by atoms with Gasteiger partial charge >= 0.3 is 0 Å². The fourth-order valence-electron chi connectivity index (χ4n) is 5.75. The highest BCUT2D eigenvalue weighted by Gasteiger charge is 2.20. The number of nitriles is 1. The lowest BCUT2D eigenvalue weighted by Gasteiger charge is -2.34. The maximum Gasteiger partial charge on any atom is 0.246 e. The quantitative estimate of drug-likeness (QED) is 0.0993. The molecular formula is C43H41ClN4O5. The normalized spacial score (nSPS) is 13.0. The van der Waals surface area contributed by atoms with Crippen LogP contribution < -0.4 is 18.9 Å². The van der Waals surface area contributed by atoms with Crippen LogP contribution in [0.15, 0.2) is 115 Å². The van der Waals surface area contributed by atoms with Crippen LogP contribution in [0, 0.1) is 11.3 Å². The van der Waals surface area contributed by atoms with E-state index in [2.05, 4.69) is 40.2 Å². The van der Waals surface area contributed by atoms with Crippen LogP contribution in [0.25, 0.3) is 6.08 Å². The third-order valence-electron chi connectivity index (χ3n) is 8.68. The van der Waals surface area contributed by atoms with E-state index in [0.29, 0.717) is 60.9 Å². The van der Waals surface area contributed by atoms with Crippen LogP contribution >= 0.6 is 11.6 Å². The molecule has 1 saturated heterocycles. The number of ether oxygens (including phenoxy) is 4. The molecule has 0 aliphatic carbocycles. The van der Waals surface area contributed by atoms with E-state index >= 15 is 0 Å². The second-order valence-electron chi connectivity index (χ2n) is 12.5. The Morgan fingerprint density at radius 2 is 1.57 bits per heavy atom. The molecule has 6 rings (SSSR count). The number of carbonyl (C=O) groups excluding carboxylic acids is 1. The van der Waals surface area contributed by atoms with Gasteiger partial charge in [0.1, 0.15) is 29.6 Å². The Hall–Kier alpha value is -5.82. The maximum absolute atomic E-state index is 13.0. The van der Waals surface area contributed by atoms with E-state index in [9.17, 15) is 4.79 Å². The van der Waals surface area contributed by atoms with Gasteiger partial charge in [-0.2, -0.15) is 5.26 Å². The standard InChI is InChI=1S/C43H41ClN4O5/c1-2-50-37-4-3-5-38(27-37)51-25-20-32-6-10-35(11-7-32)30-47-21-23-48(24-22-47)43(49)19-15-33-14-17-41(40(44)26-33)53-42-18-16-39(29-46-42)52-31-36-12-8-34(28-45)9-13-36/h3-19,26-27,29H,2,20-25,30-31H2,1H3/b19-15+. The van der Waals surface area contributed by atoms with Crippen LogP contribution in [-0.2, 0) is 24.4 Å². The molecule has 53 heavy (non-hydrogen) atoms. The average molecular weight is 729 g/mol. The minimum absolute atomic E-state index is 0.0250. The lowest BCUT2D eigenvalue weighted by Crippen LogP contribution is -2.47. The topological polar surface area (TPSA) is 97.2 Å². The largest absolute Gasteiger partial charge is 0.494 e. The summed E-state index contributed by atoms with van der Waals surface area (Å²) >= 11 is 6.52. The summed E-state index contributed by atoms with van der Waals surface area (Å²) in [5, 5.41) is 9.35. The van der Waals surface area contributed by atoms with Crippen LogP contribution in [-0.4, -0.2) is 60.1 Å². The second-order valence-corrected chi connectivity index (χ2v) is 12.9. The Morgan fingerprint density at radius 1 is 0.830 bits per heavy atom. The van der Waals surface area contributed by atoms with Gasteiger partial charge in [0.15, 0.2) is 0 Å². The molecule has 2 heterocycles. The van der Waals surface area contributed by atoms with E-state index in [0.717, 1.165) is 48.7 Å². The zero-order valence-corrected chi connectivity index (χ0v) is 30.4. The van der Waals surface area contributed by atoms with Gasteiger partial charge in [-0.05, 0) is 77.7 Å². The Balaban J connectivity index is 0.903. The first-order valence-corrected chi connectivity index (χ1v) is 18.0. The summed E-state index contributed by atoms with van der Waals surface area (Å²) in [6, 6.07) is 34.6. The third-order valence-corrected chi connectivity index (χ3v) is 8.97. The smallest absolute Gasteiger partial charge is 0.246 e. The van der Waals surface area contributed by atoms with Crippen molar-refractivity contribution < 1.29 is 23.7 Å². The van der Waals surface area contributed by atoms with Crippen LogP contribution in [0.4, 0.5) is 0 Å². The van der Waals surface area contributed by atoms with Crippen molar-refractivity contribution in [1.82, 2.24) is 14.8 Å². The lowest BCUT2D eigenvalue weighted by molar-refractivity contribution is -0.127. The van der Waals surface area contributed by atoms with Gasteiger partial charge in [-0.3, -0.25) is 9.69 Å². The third kappa shape index (κ3) is 11.1. The van der Waals surface area contributed by atoms with Gasteiger partial charge in [0.2, 0.25) is 11.8 Å². The summed E-state index contributed by atoms with van der Waals surface area (Å²) in [7, 11) is 0. The average Bonchev–Trinajstić information content (AvgIpc) is 3.19. The van der Waals surface area contributed by atoms with Crippen molar-refractivity contribution in [2.75, 3.05) is 39.4 Å². The van der Waals surface area contributed by atoms with E-state index in [-0.39, 0.29) is 5.91 Å². The summed E-state index contributed by atoms with van der Waals surface area (Å²) in [4.78, 5) is 21.6. The van der Waals surface area contributed by atoms with E-state index < -0.39 is 0 Å². The van der Waals surface area contributed by atoms with Crippen LogP contribution in [0.3, 0.4) is 0 Å². The van der Waals surface area contributed by atoms with E-state index in [1.807, 2.05) is 54.3 Å². The minimum atomic E-state index is -0.0250. The van der Waals surface area contributed by atoms with E-state index in [1.54, 1.807) is 54.7 Å². The zero-order chi connectivity index (χ0) is 36.8. The summed E-state index contributed by atoms with van der Waals surface area (Å²) in [6.45, 7) is 7.36. The number of amides is 1. The Bertz CT molecular complexity index is 2020. The molecule has 1 amide bonds. The van der Waals surface area contributed by atoms with Crippen molar-refractivity contribution in [3.63, 3.8) is 0 Å². The highest BCUT2D eigenvalue weighted by atomic mass is 35.5. The number of nitrogens with zero attached hydrogens (tertiary/aromatic N) is 4. The van der Waals surface area contributed by atoms with Gasteiger partial charge in [-0.25, -0.2) is 4.98 Å². The molecule has 10 heteroatoms. The molecule has 4 aromatic carbocycles. The molecule has 0 unspecified atom stereocenters. The number of halogens is 1. The van der Waals surface area contributed by atoms with E-state index in [1.165, 1.54) is 11.1 Å².